The highest BCUT2D eigenvalue weighted by Crippen LogP contribution is 2.38. The maximum Gasteiger partial charge on any atom is 0.229 e. The highest BCUT2D eigenvalue weighted by molar-refractivity contribution is 7.19. The molecule has 0 bridgehead atoms. The number of fused-ring (bicyclic) bond motifs is 1. The van der Waals surface area contributed by atoms with Gasteiger partial charge in [0.15, 0.2) is 0 Å². The van der Waals surface area contributed by atoms with Gasteiger partial charge in [0, 0.05) is 10.3 Å². The van der Waals surface area contributed by atoms with Gasteiger partial charge in [0.25, 0.3) is 0 Å². The summed E-state index contributed by atoms with van der Waals surface area (Å²) in [5.74, 6) is 0.527. The number of hydrogen-bond acceptors (Lipinski definition) is 7. The zero-order valence-corrected chi connectivity index (χ0v) is 16.7. The molecule has 1 aromatic heterocycles. The molecular weight excluding hydrogens is 392 g/mol. The number of aryl methyl sites for hydroxylation is 1. The quantitative estimate of drug-likeness (QED) is 0.508. The van der Waals surface area contributed by atoms with Crippen LogP contribution in [0.5, 0.6) is 5.75 Å². The molecule has 4 N–H and O–H groups in total. The SMILES string of the molecule is Cc1cc2c(Cc3ccccc3)ccc(O[C@@H]3O[C@H](CO)[C@H](O)[C@H](O)[C@H]3O)c2s1. The van der Waals surface area contributed by atoms with E-state index >= 15 is 0 Å². The van der Waals surface area contributed by atoms with E-state index < -0.39 is 37.3 Å². The van der Waals surface area contributed by atoms with Crippen molar-refractivity contribution in [1.82, 2.24) is 0 Å². The highest BCUT2D eigenvalue weighted by Gasteiger charge is 2.44. The fourth-order valence-corrected chi connectivity index (χ4v) is 4.65. The Morgan fingerprint density at radius 2 is 1.76 bits per heavy atom. The number of aliphatic hydroxyl groups is 4. The van der Waals surface area contributed by atoms with Crippen LogP contribution in [0.25, 0.3) is 10.1 Å². The number of hydrogen-bond donors (Lipinski definition) is 4. The second-order valence-corrected chi connectivity index (χ2v) is 8.56. The molecule has 6 nitrogen and oxygen atoms in total. The normalized spacial score (nSPS) is 27.3. The Hall–Kier alpha value is -2.00. The zero-order chi connectivity index (χ0) is 20.5. The van der Waals surface area contributed by atoms with Crippen molar-refractivity contribution in [3.8, 4) is 5.75 Å². The second kappa shape index (κ2) is 8.39. The van der Waals surface area contributed by atoms with Crippen LogP contribution in [0, 0.1) is 6.92 Å². The van der Waals surface area contributed by atoms with Gasteiger partial charge in [-0.05, 0) is 36.6 Å². The molecule has 3 aromatic rings. The van der Waals surface area contributed by atoms with Crippen molar-refractivity contribution < 1.29 is 29.9 Å². The van der Waals surface area contributed by atoms with Gasteiger partial charge in [-0.15, -0.1) is 11.3 Å². The summed E-state index contributed by atoms with van der Waals surface area (Å²) >= 11 is 1.58. The van der Waals surface area contributed by atoms with Gasteiger partial charge in [-0.3, -0.25) is 0 Å². The maximum absolute atomic E-state index is 10.3. The summed E-state index contributed by atoms with van der Waals surface area (Å²) in [6, 6.07) is 16.1. The van der Waals surface area contributed by atoms with Gasteiger partial charge >= 0.3 is 0 Å². The van der Waals surface area contributed by atoms with Crippen LogP contribution in [-0.4, -0.2) is 57.7 Å². The molecule has 1 saturated heterocycles. The van der Waals surface area contributed by atoms with E-state index in [0.29, 0.717) is 5.75 Å². The minimum atomic E-state index is -1.47. The average molecular weight is 416 g/mol. The lowest BCUT2D eigenvalue weighted by atomic mass is 9.99. The van der Waals surface area contributed by atoms with Crippen LogP contribution in [0.1, 0.15) is 16.0 Å². The molecule has 0 aliphatic carbocycles. The summed E-state index contributed by atoms with van der Waals surface area (Å²) in [7, 11) is 0. The van der Waals surface area contributed by atoms with Crippen molar-refractivity contribution >= 4 is 21.4 Å². The summed E-state index contributed by atoms with van der Waals surface area (Å²) in [6.45, 7) is 1.53. The zero-order valence-electron chi connectivity index (χ0n) is 15.9. The van der Waals surface area contributed by atoms with Crippen LogP contribution >= 0.6 is 11.3 Å². The van der Waals surface area contributed by atoms with E-state index in [1.54, 1.807) is 11.3 Å². The van der Waals surface area contributed by atoms with Gasteiger partial charge in [-0.2, -0.15) is 0 Å². The molecule has 0 amide bonds. The Morgan fingerprint density at radius 1 is 1.00 bits per heavy atom. The summed E-state index contributed by atoms with van der Waals surface area (Å²) in [6.07, 6.45) is -5.73. The van der Waals surface area contributed by atoms with Crippen LogP contribution in [0.4, 0.5) is 0 Å². The Balaban J connectivity index is 1.64. The molecule has 29 heavy (non-hydrogen) atoms. The number of aliphatic hydroxyl groups excluding tert-OH is 4. The van der Waals surface area contributed by atoms with E-state index in [-0.39, 0.29) is 0 Å². The van der Waals surface area contributed by atoms with E-state index in [1.807, 2.05) is 37.3 Å². The molecule has 0 spiro atoms. The molecule has 0 unspecified atom stereocenters. The van der Waals surface area contributed by atoms with Crippen LogP contribution in [0.2, 0.25) is 0 Å². The molecule has 4 rings (SSSR count). The third kappa shape index (κ3) is 4.02. The smallest absolute Gasteiger partial charge is 0.229 e. The molecule has 0 saturated carbocycles. The Labute approximate surface area is 172 Å². The van der Waals surface area contributed by atoms with Crippen molar-refractivity contribution in [1.29, 1.82) is 0 Å². The van der Waals surface area contributed by atoms with Gasteiger partial charge in [-0.1, -0.05) is 36.4 Å². The van der Waals surface area contributed by atoms with E-state index in [2.05, 4.69) is 18.2 Å². The largest absolute Gasteiger partial charge is 0.460 e. The number of ether oxygens (including phenoxy) is 2. The fraction of sp³-hybridized carbons (Fsp3) is 0.364. The van der Waals surface area contributed by atoms with E-state index in [1.165, 1.54) is 5.56 Å². The van der Waals surface area contributed by atoms with Crippen molar-refractivity contribution in [2.45, 2.75) is 44.1 Å². The van der Waals surface area contributed by atoms with Crippen LogP contribution in [0.15, 0.2) is 48.5 Å². The molecule has 5 atom stereocenters. The van der Waals surface area contributed by atoms with Crippen molar-refractivity contribution in [2.24, 2.45) is 0 Å². The molecule has 1 aliphatic rings. The average Bonchev–Trinajstić information content (AvgIpc) is 3.13. The summed E-state index contributed by atoms with van der Waals surface area (Å²) in [5, 5.41) is 40.7. The highest BCUT2D eigenvalue weighted by atomic mass is 32.1. The Kier molecular flexibility index (Phi) is 5.87. The first-order valence-electron chi connectivity index (χ1n) is 9.51. The Bertz CT molecular complexity index is 970. The Morgan fingerprint density at radius 3 is 2.48 bits per heavy atom. The van der Waals surface area contributed by atoms with Crippen molar-refractivity contribution in [2.75, 3.05) is 6.61 Å². The third-order valence-corrected chi connectivity index (χ3v) is 6.25. The van der Waals surface area contributed by atoms with Gasteiger partial charge in [-0.25, -0.2) is 0 Å². The van der Waals surface area contributed by atoms with Gasteiger partial charge < -0.3 is 29.9 Å². The van der Waals surface area contributed by atoms with Crippen LogP contribution in [0.3, 0.4) is 0 Å². The summed E-state index contributed by atoms with van der Waals surface area (Å²) < 4.78 is 12.3. The van der Waals surface area contributed by atoms with E-state index in [9.17, 15) is 20.4 Å². The first kappa shape index (κ1) is 20.3. The second-order valence-electron chi connectivity index (χ2n) is 7.30. The van der Waals surface area contributed by atoms with Crippen molar-refractivity contribution in [3.63, 3.8) is 0 Å². The van der Waals surface area contributed by atoms with Gasteiger partial charge in [0.1, 0.15) is 30.2 Å². The van der Waals surface area contributed by atoms with Crippen LogP contribution in [-0.2, 0) is 11.2 Å². The minimum absolute atomic E-state index is 0.492. The first-order valence-corrected chi connectivity index (χ1v) is 10.3. The maximum atomic E-state index is 10.3. The van der Waals surface area contributed by atoms with Crippen molar-refractivity contribution in [3.05, 3.63) is 64.5 Å². The number of thiophene rings is 1. The number of benzene rings is 2. The minimum Gasteiger partial charge on any atom is -0.460 e. The standard InChI is InChI=1S/C22H24O6S/c1-12-9-15-14(10-13-5-3-2-4-6-13)7-8-16(21(15)29-12)27-22-20(26)19(25)18(24)17(11-23)28-22/h2-9,17-20,22-26H,10-11H2,1H3/t17-,18+,19+,20-,22-/m1/s1. The summed E-state index contributed by atoms with van der Waals surface area (Å²) in [5.41, 5.74) is 2.37. The molecule has 2 heterocycles. The summed E-state index contributed by atoms with van der Waals surface area (Å²) in [4.78, 5) is 1.12. The lowest BCUT2D eigenvalue weighted by Gasteiger charge is -2.39. The molecule has 7 heteroatoms. The predicted octanol–water partition coefficient (Wildman–Crippen LogP) is 1.98. The molecule has 0 radical (unpaired) electrons. The molecular formula is C22H24O6S. The lowest BCUT2D eigenvalue weighted by Crippen LogP contribution is -2.60. The van der Waals surface area contributed by atoms with Gasteiger partial charge in [0.2, 0.25) is 6.29 Å². The monoisotopic (exact) mass is 416 g/mol. The van der Waals surface area contributed by atoms with E-state index in [4.69, 9.17) is 9.47 Å². The first-order chi connectivity index (χ1) is 14.0. The van der Waals surface area contributed by atoms with Gasteiger partial charge in [0.05, 0.1) is 11.3 Å². The van der Waals surface area contributed by atoms with E-state index in [0.717, 1.165) is 26.9 Å². The lowest BCUT2D eigenvalue weighted by molar-refractivity contribution is -0.277. The molecule has 1 fully saturated rings. The molecule has 154 valence electrons. The van der Waals surface area contributed by atoms with Crippen LogP contribution < -0.4 is 4.74 Å². The predicted molar refractivity (Wildman–Crippen MR) is 110 cm³/mol. The molecule has 2 aromatic carbocycles. The number of rotatable bonds is 5. The topological polar surface area (TPSA) is 99.4 Å². The fourth-order valence-electron chi connectivity index (χ4n) is 3.63. The third-order valence-electron chi connectivity index (χ3n) is 5.19. The molecule has 1 aliphatic heterocycles.